The van der Waals surface area contributed by atoms with Crippen molar-refractivity contribution in [1.82, 2.24) is 5.43 Å². The minimum absolute atomic E-state index is 0.353. The average Bonchev–Trinajstić information content (AvgIpc) is 2.59. The van der Waals surface area contributed by atoms with Crippen molar-refractivity contribution in [1.29, 1.82) is 0 Å². The van der Waals surface area contributed by atoms with Crippen LogP contribution in [0.5, 0.6) is 0 Å². The molecule has 2 aromatic rings. The summed E-state index contributed by atoms with van der Waals surface area (Å²) in [6.07, 6.45) is -4.03. The van der Waals surface area contributed by atoms with Crippen LogP contribution in [0.3, 0.4) is 0 Å². The second kappa shape index (κ2) is 8.00. The molecule has 1 heterocycles. The molecule has 10 heteroatoms. The quantitative estimate of drug-likeness (QED) is 0.567. The molecule has 2 aromatic carbocycles. The van der Waals surface area contributed by atoms with Gasteiger partial charge in [-0.1, -0.05) is 35.3 Å². The van der Waals surface area contributed by atoms with Crippen LogP contribution in [0.2, 0.25) is 10.0 Å². The van der Waals surface area contributed by atoms with E-state index >= 15 is 0 Å². The third-order valence-electron chi connectivity index (χ3n) is 3.68. The van der Waals surface area contributed by atoms with Crippen molar-refractivity contribution < 1.29 is 18.0 Å². The van der Waals surface area contributed by atoms with Gasteiger partial charge in [-0.3, -0.25) is 0 Å². The molecule has 0 saturated carbocycles. The highest BCUT2D eigenvalue weighted by molar-refractivity contribution is 7.99. The smallest absolute Gasteiger partial charge is 0.306 e. The minimum atomic E-state index is -4.58. The van der Waals surface area contributed by atoms with Crippen molar-refractivity contribution >= 4 is 52.4 Å². The number of benzene rings is 2. The molecule has 2 amide bonds. The molecule has 142 valence electrons. The number of amides is 2. The van der Waals surface area contributed by atoms with E-state index in [0.29, 0.717) is 33.5 Å². The van der Waals surface area contributed by atoms with Crippen molar-refractivity contribution in [2.45, 2.75) is 17.5 Å². The van der Waals surface area contributed by atoms with Gasteiger partial charge in [-0.15, -0.1) is 11.8 Å². The standard InChI is InChI=1S/C17H12Cl2F3N3OS/c18-9-7-10-13(5-6-27-15(10)12(19)8-9)24-25-16(26)23-14-4-2-1-3-11(14)17(20,21)22/h1-4,7-8H,5-6H2,(H2,23,25,26)/b24-13+. The van der Waals surface area contributed by atoms with Crippen LogP contribution in [0.15, 0.2) is 46.4 Å². The third-order valence-corrected chi connectivity index (χ3v) is 5.44. The molecule has 0 radical (unpaired) electrons. The van der Waals surface area contributed by atoms with E-state index in [1.54, 1.807) is 23.9 Å². The molecule has 0 aliphatic carbocycles. The number of hydrogen-bond donors (Lipinski definition) is 2. The van der Waals surface area contributed by atoms with Gasteiger partial charge in [0.25, 0.3) is 0 Å². The van der Waals surface area contributed by atoms with Crippen molar-refractivity contribution in [3.05, 3.63) is 57.6 Å². The summed E-state index contributed by atoms with van der Waals surface area (Å²) in [5.74, 6) is 0.702. The number of nitrogens with one attached hydrogen (secondary N) is 2. The maximum Gasteiger partial charge on any atom is 0.418 e. The van der Waals surface area contributed by atoms with E-state index in [1.807, 2.05) is 0 Å². The van der Waals surface area contributed by atoms with Gasteiger partial charge in [-0.05, 0) is 24.3 Å². The SMILES string of the molecule is O=C(N/N=C1\CCSc2c(Cl)cc(Cl)cc21)Nc1ccccc1C(F)(F)F. The monoisotopic (exact) mass is 433 g/mol. The summed E-state index contributed by atoms with van der Waals surface area (Å²) >= 11 is 13.7. The van der Waals surface area contributed by atoms with Crippen LogP contribution in [0.1, 0.15) is 17.5 Å². The van der Waals surface area contributed by atoms with Gasteiger partial charge in [0.2, 0.25) is 0 Å². The minimum Gasteiger partial charge on any atom is -0.306 e. The van der Waals surface area contributed by atoms with E-state index in [0.717, 1.165) is 11.0 Å². The number of carbonyl (C=O) groups is 1. The fourth-order valence-electron chi connectivity index (χ4n) is 2.53. The molecule has 1 aliphatic heterocycles. The molecule has 0 fully saturated rings. The van der Waals surface area contributed by atoms with E-state index in [-0.39, 0.29) is 5.69 Å². The Kier molecular flexibility index (Phi) is 5.88. The molecule has 27 heavy (non-hydrogen) atoms. The Morgan fingerprint density at radius 1 is 1.19 bits per heavy atom. The summed E-state index contributed by atoms with van der Waals surface area (Å²) in [5, 5.41) is 7.12. The largest absolute Gasteiger partial charge is 0.418 e. The van der Waals surface area contributed by atoms with Crippen molar-refractivity contribution in [2.24, 2.45) is 5.10 Å². The van der Waals surface area contributed by atoms with Crippen LogP contribution in [-0.2, 0) is 6.18 Å². The van der Waals surface area contributed by atoms with Crippen molar-refractivity contribution in [2.75, 3.05) is 11.1 Å². The summed E-state index contributed by atoms with van der Waals surface area (Å²) in [6.45, 7) is 0. The van der Waals surface area contributed by atoms with E-state index in [4.69, 9.17) is 23.2 Å². The van der Waals surface area contributed by atoms with Crippen LogP contribution in [0, 0.1) is 0 Å². The van der Waals surface area contributed by atoms with Gasteiger partial charge < -0.3 is 5.32 Å². The third kappa shape index (κ3) is 4.69. The zero-order valence-corrected chi connectivity index (χ0v) is 15.9. The maximum atomic E-state index is 13.0. The fraction of sp³-hybridized carbons (Fsp3) is 0.176. The molecule has 0 bridgehead atoms. The van der Waals surface area contributed by atoms with Crippen LogP contribution >= 0.6 is 35.0 Å². The summed E-state index contributed by atoms with van der Waals surface area (Å²) in [7, 11) is 0. The fourth-order valence-corrected chi connectivity index (χ4v) is 4.22. The molecule has 0 spiro atoms. The Balaban J connectivity index is 1.78. The molecule has 0 aromatic heterocycles. The van der Waals surface area contributed by atoms with Crippen LogP contribution in [0.25, 0.3) is 0 Å². The second-order valence-electron chi connectivity index (χ2n) is 5.53. The second-order valence-corrected chi connectivity index (χ2v) is 7.48. The van der Waals surface area contributed by atoms with Gasteiger partial charge >= 0.3 is 12.2 Å². The predicted molar refractivity (Wildman–Crippen MR) is 102 cm³/mol. The van der Waals surface area contributed by atoms with Crippen LogP contribution < -0.4 is 10.7 Å². The normalized spacial score (nSPS) is 15.4. The number of carbonyl (C=O) groups excluding carboxylic acids is 1. The molecule has 0 unspecified atom stereocenters. The number of fused-ring (bicyclic) bond motifs is 1. The van der Waals surface area contributed by atoms with Gasteiger partial charge in [0.05, 0.1) is 22.0 Å². The molecule has 3 rings (SSSR count). The summed E-state index contributed by atoms with van der Waals surface area (Å²) in [6, 6.07) is 7.12. The lowest BCUT2D eigenvalue weighted by Gasteiger charge is -2.19. The van der Waals surface area contributed by atoms with Gasteiger partial charge in [-0.2, -0.15) is 18.3 Å². The Morgan fingerprint density at radius 3 is 2.67 bits per heavy atom. The average molecular weight is 434 g/mol. The Bertz CT molecular complexity index is 919. The number of urea groups is 1. The number of rotatable bonds is 2. The Hall–Kier alpha value is -1.90. The topological polar surface area (TPSA) is 53.5 Å². The molecule has 2 N–H and O–H groups in total. The Morgan fingerprint density at radius 2 is 1.93 bits per heavy atom. The highest BCUT2D eigenvalue weighted by Gasteiger charge is 2.33. The molecule has 0 atom stereocenters. The zero-order valence-electron chi connectivity index (χ0n) is 13.5. The Labute approximate surface area is 167 Å². The number of alkyl halides is 3. The van der Waals surface area contributed by atoms with Gasteiger partial charge in [0, 0.05) is 27.7 Å². The first kappa shape index (κ1) is 19.9. The molecular formula is C17H12Cl2F3N3OS. The molecule has 0 saturated heterocycles. The first-order valence-corrected chi connectivity index (χ1v) is 9.42. The summed E-state index contributed by atoms with van der Waals surface area (Å²) < 4.78 is 39.0. The first-order chi connectivity index (χ1) is 12.8. The zero-order chi connectivity index (χ0) is 19.6. The van der Waals surface area contributed by atoms with E-state index in [2.05, 4.69) is 15.8 Å². The van der Waals surface area contributed by atoms with E-state index in [1.165, 1.54) is 18.2 Å². The van der Waals surface area contributed by atoms with Crippen LogP contribution in [0.4, 0.5) is 23.7 Å². The van der Waals surface area contributed by atoms with E-state index < -0.39 is 17.8 Å². The molecular weight excluding hydrogens is 422 g/mol. The highest BCUT2D eigenvalue weighted by Crippen LogP contribution is 2.38. The number of nitrogens with zero attached hydrogens (tertiary/aromatic N) is 1. The van der Waals surface area contributed by atoms with Gasteiger partial charge in [0.1, 0.15) is 0 Å². The number of anilines is 1. The predicted octanol–water partition coefficient (Wildman–Crippen LogP) is 6.03. The molecule has 4 nitrogen and oxygen atoms in total. The molecule has 1 aliphatic rings. The number of halogens is 5. The number of thioether (sulfide) groups is 1. The lowest BCUT2D eigenvalue weighted by Crippen LogP contribution is -2.27. The number of hydrazone groups is 1. The number of hydrogen-bond acceptors (Lipinski definition) is 3. The lowest BCUT2D eigenvalue weighted by atomic mass is 10.1. The van der Waals surface area contributed by atoms with Gasteiger partial charge in [-0.25, -0.2) is 10.2 Å². The van der Waals surface area contributed by atoms with Crippen molar-refractivity contribution in [3.8, 4) is 0 Å². The van der Waals surface area contributed by atoms with Gasteiger partial charge in [0.15, 0.2) is 0 Å². The van der Waals surface area contributed by atoms with Crippen LogP contribution in [-0.4, -0.2) is 17.5 Å². The summed E-state index contributed by atoms with van der Waals surface area (Å²) in [5.41, 5.74) is 2.18. The number of para-hydroxylation sites is 1. The van der Waals surface area contributed by atoms with E-state index in [9.17, 15) is 18.0 Å². The highest BCUT2D eigenvalue weighted by atomic mass is 35.5. The maximum absolute atomic E-state index is 13.0. The summed E-state index contributed by atoms with van der Waals surface area (Å²) in [4.78, 5) is 12.8. The first-order valence-electron chi connectivity index (χ1n) is 7.67. The lowest BCUT2D eigenvalue weighted by molar-refractivity contribution is -0.136. The van der Waals surface area contributed by atoms with Crippen molar-refractivity contribution in [3.63, 3.8) is 0 Å².